The lowest BCUT2D eigenvalue weighted by Crippen LogP contribution is -2.32. The van der Waals surface area contributed by atoms with Gasteiger partial charge in [0.25, 0.3) is 0 Å². The third kappa shape index (κ3) is 3.54. The molecule has 0 saturated carbocycles. The molecule has 1 aromatic heterocycles. The third-order valence-electron chi connectivity index (χ3n) is 3.82. The number of hydroxylamine groups is 2. The van der Waals surface area contributed by atoms with Crippen molar-refractivity contribution in [1.82, 2.24) is 5.06 Å². The van der Waals surface area contributed by atoms with Gasteiger partial charge >= 0.3 is 0 Å². The van der Waals surface area contributed by atoms with Crippen LogP contribution in [-0.4, -0.2) is 11.1 Å². The first-order chi connectivity index (χ1) is 10.6. The van der Waals surface area contributed by atoms with Gasteiger partial charge in [0.05, 0.1) is 3.79 Å². The summed E-state index contributed by atoms with van der Waals surface area (Å²) < 4.78 is 1.12. The molecular weight excluding hydrogens is 360 g/mol. The van der Waals surface area contributed by atoms with E-state index in [1.54, 1.807) is 11.3 Å². The highest BCUT2D eigenvalue weighted by Gasteiger charge is 2.32. The molecule has 0 fully saturated rings. The lowest BCUT2D eigenvalue weighted by atomic mass is 10.1. The Morgan fingerprint density at radius 2 is 2.05 bits per heavy atom. The van der Waals surface area contributed by atoms with Crippen LogP contribution in [0.4, 0.5) is 0 Å². The van der Waals surface area contributed by atoms with Crippen molar-refractivity contribution in [2.24, 2.45) is 5.73 Å². The fourth-order valence-corrected chi connectivity index (χ4v) is 4.13. The SMILES string of the molecule is CC(CCc1ccccc1)N1OC(N)=CC1c1ccc(Br)s1. The summed E-state index contributed by atoms with van der Waals surface area (Å²) in [4.78, 5) is 6.99. The molecule has 2 N–H and O–H groups in total. The van der Waals surface area contributed by atoms with Crippen LogP contribution in [0.5, 0.6) is 0 Å². The van der Waals surface area contributed by atoms with Crippen molar-refractivity contribution in [1.29, 1.82) is 0 Å². The maximum Gasteiger partial charge on any atom is 0.207 e. The summed E-state index contributed by atoms with van der Waals surface area (Å²) in [5, 5.41) is 2.01. The van der Waals surface area contributed by atoms with Gasteiger partial charge in [-0.2, -0.15) is 0 Å². The van der Waals surface area contributed by atoms with Gasteiger partial charge in [-0.3, -0.25) is 0 Å². The largest absolute Gasteiger partial charge is 0.387 e. The number of hydrogen-bond acceptors (Lipinski definition) is 4. The second-order valence-electron chi connectivity index (χ2n) is 5.48. The van der Waals surface area contributed by atoms with Crippen LogP contribution in [0.25, 0.3) is 0 Å². The van der Waals surface area contributed by atoms with E-state index >= 15 is 0 Å². The van der Waals surface area contributed by atoms with Crippen molar-refractivity contribution in [3.05, 3.63) is 68.7 Å². The van der Waals surface area contributed by atoms with Crippen molar-refractivity contribution in [2.45, 2.75) is 31.8 Å². The van der Waals surface area contributed by atoms with Crippen LogP contribution in [0.1, 0.15) is 29.8 Å². The van der Waals surface area contributed by atoms with Gasteiger partial charge in [-0.15, -0.1) is 16.4 Å². The Morgan fingerprint density at radius 3 is 2.73 bits per heavy atom. The first-order valence-corrected chi connectivity index (χ1v) is 8.97. The summed E-state index contributed by atoms with van der Waals surface area (Å²) in [6, 6.07) is 15.1. The van der Waals surface area contributed by atoms with Gasteiger partial charge in [0, 0.05) is 17.0 Å². The van der Waals surface area contributed by atoms with Crippen LogP contribution in [0, 0.1) is 0 Å². The fraction of sp³-hybridized carbons (Fsp3) is 0.294. The van der Waals surface area contributed by atoms with Gasteiger partial charge in [-0.25, -0.2) is 0 Å². The standard InChI is InChI=1S/C17H19BrN2OS/c1-12(7-8-13-5-3-2-4-6-13)20-14(11-17(19)21-20)15-9-10-16(18)22-15/h2-6,9-12,14H,7-8,19H2,1H3. The van der Waals surface area contributed by atoms with Gasteiger partial charge in [0.2, 0.25) is 5.88 Å². The molecule has 2 unspecified atom stereocenters. The molecular formula is C17H19BrN2OS. The Bertz CT molecular complexity index is 656. The van der Waals surface area contributed by atoms with E-state index in [0.29, 0.717) is 5.88 Å². The molecule has 0 saturated heterocycles. The van der Waals surface area contributed by atoms with Crippen molar-refractivity contribution in [2.75, 3.05) is 0 Å². The number of rotatable bonds is 5. The number of halogens is 1. The first-order valence-electron chi connectivity index (χ1n) is 7.36. The van der Waals surface area contributed by atoms with E-state index in [-0.39, 0.29) is 12.1 Å². The van der Waals surface area contributed by atoms with Gasteiger partial charge in [-0.1, -0.05) is 30.3 Å². The van der Waals surface area contributed by atoms with Crippen molar-refractivity contribution in [3.8, 4) is 0 Å². The second-order valence-corrected chi connectivity index (χ2v) is 7.97. The molecule has 1 aliphatic heterocycles. The lowest BCUT2D eigenvalue weighted by molar-refractivity contribution is -0.148. The molecule has 5 heteroatoms. The van der Waals surface area contributed by atoms with Crippen LogP contribution in [0.2, 0.25) is 0 Å². The highest BCUT2D eigenvalue weighted by Crippen LogP contribution is 2.37. The Morgan fingerprint density at radius 1 is 1.27 bits per heavy atom. The molecule has 3 rings (SSSR count). The minimum Gasteiger partial charge on any atom is -0.387 e. The monoisotopic (exact) mass is 378 g/mol. The van der Waals surface area contributed by atoms with E-state index in [0.717, 1.165) is 16.6 Å². The smallest absolute Gasteiger partial charge is 0.207 e. The van der Waals surface area contributed by atoms with Crippen molar-refractivity contribution < 1.29 is 4.84 Å². The van der Waals surface area contributed by atoms with E-state index in [1.807, 2.05) is 17.2 Å². The number of aryl methyl sites for hydroxylation is 1. The Kier molecular flexibility index (Phi) is 4.86. The van der Waals surface area contributed by atoms with Crippen LogP contribution in [0.15, 0.2) is 58.2 Å². The van der Waals surface area contributed by atoms with Crippen LogP contribution in [-0.2, 0) is 11.3 Å². The van der Waals surface area contributed by atoms with Gasteiger partial charge < -0.3 is 10.6 Å². The zero-order valence-corrected chi connectivity index (χ0v) is 14.8. The summed E-state index contributed by atoms with van der Waals surface area (Å²) in [6.45, 7) is 2.19. The maximum absolute atomic E-state index is 5.89. The Hall–Kier alpha value is -1.30. The second kappa shape index (κ2) is 6.86. The van der Waals surface area contributed by atoms with Crippen LogP contribution < -0.4 is 5.73 Å². The minimum atomic E-state index is 0.0991. The number of nitrogens with zero attached hydrogens (tertiary/aromatic N) is 1. The summed E-state index contributed by atoms with van der Waals surface area (Å²) in [5.74, 6) is 0.487. The number of hydrogen-bond donors (Lipinski definition) is 1. The predicted molar refractivity (Wildman–Crippen MR) is 94.2 cm³/mol. The van der Waals surface area contributed by atoms with Gasteiger partial charge in [0.1, 0.15) is 6.04 Å². The average Bonchev–Trinajstić information content (AvgIpc) is 3.11. The lowest BCUT2D eigenvalue weighted by Gasteiger charge is -2.28. The van der Waals surface area contributed by atoms with E-state index in [4.69, 9.17) is 10.6 Å². The van der Waals surface area contributed by atoms with E-state index in [2.05, 4.69) is 59.3 Å². The maximum atomic E-state index is 5.89. The molecule has 1 aliphatic rings. The molecule has 0 spiro atoms. The normalized spacial score (nSPS) is 19.7. The summed E-state index contributed by atoms with van der Waals surface area (Å²) in [6.07, 6.45) is 4.04. The van der Waals surface area contributed by atoms with E-state index in [1.165, 1.54) is 10.4 Å². The topological polar surface area (TPSA) is 38.5 Å². The average molecular weight is 379 g/mol. The molecule has 2 atom stereocenters. The van der Waals surface area contributed by atoms with E-state index in [9.17, 15) is 0 Å². The molecule has 22 heavy (non-hydrogen) atoms. The number of nitrogens with two attached hydrogens (primary N) is 1. The molecule has 2 heterocycles. The molecule has 116 valence electrons. The fourth-order valence-electron chi connectivity index (χ4n) is 2.64. The summed E-state index contributed by atoms with van der Waals surface area (Å²) in [7, 11) is 0. The van der Waals surface area contributed by atoms with E-state index < -0.39 is 0 Å². The molecule has 3 nitrogen and oxygen atoms in total. The Balaban J connectivity index is 1.67. The van der Waals surface area contributed by atoms with Crippen LogP contribution in [0.3, 0.4) is 0 Å². The minimum absolute atomic E-state index is 0.0991. The molecule has 2 aromatic rings. The highest BCUT2D eigenvalue weighted by molar-refractivity contribution is 9.11. The molecule has 0 aliphatic carbocycles. The Labute approximate surface area is 143 Å². The zero-order valence-electron chi connectivity index (χ0n) is 12.4. The molecule has 0 radical (unpaired) electrons. The first kappa shape index (κ1) is 15.6. The predicted octanol–water partition coefficient (Wildman–Crippen LogP) is 4.62. The zero-order chi connectivity index (χ0) is 15.5. The van der Waals surface area contributed by atoms with Crippen LogP contribution >= 0.6 is 27.3 Å². The molecule has 1 aromatic carbocycles. The third-order valence-corrected chi connectivity index (χ3v) is 5.51. The van der Waals surface area contributed by atoms with Gasteiger partial charge in [0.15, 0.2) is 0 Å². The molecule has 0 bridgehead atoms. The summed E-state index contributed by atoms with van der Waals surface area (Å²) >= 11 is 5.24. The molecule has 0 amide bonds. The number of benzene rings is 1. The van der Waals surface area contributed by atoms with Crippen molar-refractivity contribution >= 4 is 27.3 Å². The highest BCUT2D eigenvalue weighted by atomic mass is 79.9. The van der Waals surface area contributed by atoms with Crippen molar-refractivity contribution in [3.63, 3.8) is 0 Å². The van der Waals surface area contributed by atoms with Gasteiger partial charge in [-0.05, 0) is 53.4 Å². The number of thiophene rings is 1. The quantitative estimate of drug-likeness (QED) is 0.824. The summed E-state index contributed by atoms with van der Waals surface area (Å²) in [5.41, 5.74) is 7.25.